The quantitative estimate of drug-likeness (QED) is 0.782. The van der Waals surface area contributed by atoms with E-state index in [1.165, 1.54) is 0 Å². The van der Waals surface area contributed by atoms with Gasteiger partial charge in [0.25, 0.3) is 0 Å². The predicted octanol–water partition coefficient (Wildman–Crippen LogP) is 1.77. The van der Waals surface area contributed by atoms with Crippen molar-refractivity contribution in [3.8, 4) is 0 Å². The Labute approximate surface area is 112 Å². The van der Waals surface area contributed by atoms with Gasteiger partial charge >= 0.3 is 0 Å². The summed E-state index contributed by atoms with van der Waals surface area (Å²) in [6.07, 6.45) is 1.62. The molecule has 2 bridgehead atoms. The molecule has 1 saturated carbocycles. The summed E-state index contributed by atoms with van der Waals surface area (Å²) >= 11 is 0. The maximum atomic E-state index is 13.4. The van der Waals surface area contributed by atoms with Crippen molar-refractivity contribution < 1.29 is 13.6 Å². The Kier molecular flexibility index (Phi) is 3.60. The Morgan fingerprint density at radius 2 is 1.95 bits per heavy atom. The van der Waals surface area contributed by atoms with Gasteiger partial charge in [-0.2, -0.15) is 0 Å². The second-order valence-electron chi connectivity index (χ2n) is 6.34. The van der Waals surface area contributed by atoms with Crippen LogP contribution in [0.25, 0.3) is 0 Å². The van der Waals surface area contributed by atoms with Crippen molar-refractivity contribution in [1.29, 1.82) is 0 Å². The highest BCUT2D eigenvalue weighted by Gasteiger charge is 2.40. The van der Waals surface area contributed by atoms with Gasteiger partial charge in [-0.1, -0.05) is 0 Å². The summed E-state index contributed by atoms with van der Waals surface area (Å²) < 4.78 is 26.7. The molecule has 4 rings (SSSR count). The summed E-state index contributed by atoms with van der Waals surface area (Å²) in [5.74, 6) is -2.46. The smallest absolute Gasteiger partial charge is 0.248 e. The Bertz CT molecular complexity index is 353. The minimum atomic E-state index is -2.54. The van der Waals surface area contributed by atoms with E-state index >= 15 is 0 Å². The van der Waals surface area contributed by atoms with E-state index in [0.717, 1.165) is 39.1 Å². The van der Waals surface area contributed by atoms with Crippen LogP contribution in [-0.2, 0) is 4.79 Å². The highest BCUT2D eigenvalue weighted by molar-refractivity contribution is 5.84. The number of rotatable bonds is 3. The number of fused-ring (bicyclic) bond motifs is 3. The maximum Gasteiger partial charge on any atom is 0.248 e. The molecule has 0 aromatic carbocycles. The van der Waals surface area contributed by atoms with E-state index in [4.69, 9.17) is 0 Å². The van der Waals surface area contributed by atoms with Gasteiger partial charge in [-0.05, 0) is 18.8 Å². The molecule has 4 aliphatic rings. The summed E-state index contributed by atoms with van der Waals surface area (Å²) in [7, 11) is 0. The van der Waals surface area contributed by atoms with Crippen LogP contribution in [0.3, 0.4) is 0 Å². The molecule has 0 radical (unpaired) electrons. The van der Waals surface area contributed by atoms with E-state index in [0.29, 0.717) is 12.8 Å². The second kappa shape index (κ2) is 5.09. The van der Waals surface area contributed by atoms with Crippen molar-refractivity contribution in [1.82, 2.24) is 9.80 Å². The first-order chi connectivity index (χ1) is 9.03. The molecule has 5 heteroatoms. The number of nitrogens with zero attached hydrogens (tertiary/aromatic N) is 2. The Morgan fingerprint density at radius 1 is 1.21 bits per heavy atom. The lowest BCUT2D eigenvalue weighted by Crippen LogP contribution is -2.63. The minimum absolute atomic E-state index is 0.00101. The van der Waals surface area contributed by atoms with Crippen LogP contribution in [-0.4, -0.2) is 60.3 Å². The van der Waals surface area contributed by atoms with Gasteiger partial charge in [0.15, 0.2) is 5.78 Å². The average Bonchev–Trinajstić information content (AvgIpc) is 2.38. The van der Waals surface area contributed by atoms with Crippen LogP contribution in [0.5, 0.6) is 0 Å². The van der Waals surface area contributed by atoms with E-state index < -0.39 is 5.92 Å². The van der Waals surface area contributed by atoms with Crippen LogP contribution >= 0.6 is 0 Å². The van der Waals surface area contributed by atoms with E-state index in [2.05, 4.69) is 9.80 Å². The molecule has 19 heavy (non-hydrogen) atoms. The monoisotopic (exact) mass is 272 g/mol. The van der Waals surface area contributed by atoms with Crippen LogP contribution in [0, 0.1) is 5.92 Å². The first-order valence-corrected chi connectivity index (χ1v) is 7.40. The molecule has 3 heterocycles. The van der Waals surface area contributed by atoms with Crippen molar-refractivity contribution in [2.24, 2.45) is 5.92 Å². The lowest BCUT2D eigenvalue weighted by Gasteiger charge is -2.47. The molecule has 2 unspecified atom stereocenters. The molecule has 0 aromatic heterocycles. The van der Waals surface area contributed by atoms with Crippen LogP contribution in [0.4, 0.5) is 8.78 Å². The Hall–Kier alpha value is -0.550. The van der Waals surface area contributed by atoms with E-state index in [1.54, 1.807) is 0 Å². The molecular formula is C14H22F2N2O. The topological polar surface area (TPSA) is 23.6 Å². The molecule has 0 amide bonds. The fraction of sp³-hybridized carbons (Fsp3) is 0.929. The molecule has 3 saturated heterocycles. The van der Waals surface area contributed by atoms with Crippen LogP contribution < -0.4 is 0 Å². The number of piperazine rings is 3. The third-order valence-electron chi connectivity index (χ3n) is 4.88. The third-order valence-corrected chi connectivity index (χ3v) is 4.88. The van der Waals surface area contributed by atoms with Gasteiger partial charge in [-0.15, -0.1) is 0 Å². The number of ketones is 1. The number of hydrogen-bond acceptors (Lipinski definition) is 3. The maximum absolute atomic E-state index is 13.4. The van der Waals surface area contributed by atoms with E-state index in [9.17, 15) is 13.6 Å². The van der Waals surface area contributed by atoms with Gasteiger partial charge in [-0.3, -0.25) is 14.6 Å². The van der Waals surface area contributed by atoms with Gasteiger partial charge < -0.3 is 0 Å². The first-order valence-electron chi connectivity index (χ1n) is 7.40. The Balaban J connectivity index is 1.56. The van der Waals surface area contributed by atoms with E-state index in [1.807, 2.05) is 0 Å². The zero-order valence-electron chi connectivity index (χ0n) is 11.3. The number of carbonyl (C=O) groups excluding carboxylic acids is 1. The van der Waals surface area contributed by atoms with Crippen molar-refractivity contribution in [2.75, 3.05) is 32.7 Å². The summed E-state index contributed by atoms with van der Waals surface area (Å²) in [5.41, 5.74) is 0. The molecule has 0 aromatic rings. The summed E-state index contributed by atoms with van der Waals surface area (Å²) in [6.45, 7) is 4.81. The number of Topliss-reactive ketones (excluding diaryl/α,β-unsaturated/α-hetero) is 1. The normalized spacial score (nSPS) is 41.2. The van der Waals surface area contributed by atoms with Crippen LogP contribution in [0.1, 0.15) is 32.1 Å². The largest absolute Gasteiger partial charge is 0.299 e. The minimum Gasteiger partial charge on any atom is -0.299 e. The summed E-state index contributed by atoms with van der Waals surface area (Å²) in [4.78, 5) is 16.9. The van der Waals surface area contributed by atoms with Crippen LogP contribution in [0.2, 0.25) is 0 Å². The number of halogens is 2. The Morgan fingerprint density at radius 3 is 2.53 bits per heavy atom. The highest BCUT2D eigenvalue weighted by Crippen LogP contribution is 2.38. The SMILES string of the molecule is O=C(CC1CCCC(F)(F)C1)C1CN2CCN1CC2. The zero-order chi connectivity index (χ0) is 13.5. The number of carbonyl (C=O) groups is 1. The van der Waals surface area contributed by atoms with Crippen molar-refractivity contribution in [2.45, 2.75) is 44.1 Å². The first kappa shape index (κ1) is 13.4. The predicted molar refractivity (Wildman–Crippen MR) is 68.3 cm³/mol. The fourth-order valence-corrected chi connectivity index (χ4v) is 3.79. The van der Waals surface area contributed by atoms with Gasteiger partial charge in [0.2, 0.25) is 5.92 Å². The van der Waals surface area contributed by atoms with Gasteiger partial charge in [0.05, 0.1) is 6.04 Å². The van der Waals surface area contributed by atoms with Gasteiger partial charge in [0.1, 0.15) is 0 Å². The molecule has 1 aliphatic carbocycles. The molecular weight excluding hydrogens is 250 g/mol. The molecule has 4 fully saturated rings. The molecule has 0 N–H and O–H groups in total. The summed E-state index contributed by atoms with van der Waals surface area (Å²) in [5, 5.41) is 0. The third kappa shape index (κ3) is 2.97. The molecule has 108 valence electrons. The second-order valence-corrected chi connectivity index (χ2v) is 6.34. The summed E-state index contributed by atoms with van der Waals surface area (Å²) in [6, 6.07) is -0.0296. The van der Waals surface area contributed by atoms with Gasteiger partial charge in [0, 0.05) is 52.0 Å². The van der Waals surface area contributed by atoms with Crippen molar-refractivity contribution >= 4 is 5.78 Å². The van der Waals surface area contributed by atoms with Crippen LogP contribution in [0.15, 0.2) is 0 Å². The van der Waals surface area contributed by atoms with Crippen molar-refractivity contribution in [3.05, 3.63) is 0 Å². The van der Waals surface area contributed by atoms with Crippen molar-refractivity contribution in [3.63, 3.8) is 0 Å². The average molecular weight is 272 g/mol. The highest BCUT2D eigenvalue weighted by atomic mass is 19.3. The molecule has 3 nitrogen and oxygen atoms in total. The lowest BCUT2D eigenvalue weighted by atomic mass is 9.82. The van der Waals surface area contributed by atoms with Gasteiger partial charge in [-0.25, -0.2) is 8.78 Å². The molecule has 0 spiro atoms. The standard InChI is InChI=1S/C14H22F2N2O/c15-14(16)3-1-2-11(9-14)8-13(19)12-10-17-4-6-18(12)7-5-17/h11-12H,1-10H2. The molecule has 2 atom stereocenters. The lowest BCUT2D eigenvalue weighted by molar-refractivity contribution is -0.132. The van der Waals surface area contributed by atoms with E-state index in [-0.39, 0.29) is 30.6 Å². The number of hydrogen-bond donors (Lipinski definition) is 0. The molecule has 3 aliphatic heterocycles. The zero-order valence-corrected chi connectivity index (χ0v) is 11.3. The number of alkyl halides is 2. The fourth-order valence-electron chi connectivity index (χ4n) is 3.79.